The minimum absolute atomic E-state index is 0.0706. The highest BCUT2D eigenvalue weighted by Crippen LogP contribution is 2.09. The molecule has 5 unspecified atom stereocenters. The first-order valence-corrected chi connectivity index (χ1v) is 12.3. The Labute approximate surface area is 215 Å². The number of aromatic amines is 1. The number of carbonyl (C=O) groups excluding carboxylic acids is 3. The van der Waals surface area contributed by atoms with Crippen molar-refractivity contribution in [2.75, 3.05) is 5.75 Å². The van der Waals surface area contributed by atoms with Crippen molar-refractivity contribution in [2.24, 2.45) is 11.7 Å². The summed E-state index contributed by atoms with van der Waals surface area (Å²) in [4.78, 5) is 57.1. The number of nitrogens with zero attached hydrogens (tertiary/aromatic N) is 1. The summed E-state index contributed by atoms with van der Waals surface area (Å²) in [5.41, 5.74) is 7.53. The van der Waals surface area contributed by atoms with E-state index in [-0.39, 0.29) is 24.5 Å². The van der Waals surface area contributed by atoms with E-state index in [0.29, 0.717) is 12.1 Å². The summed E-state index contributed by atoms with van der Waals surface area (Å²) >= 11 is 4.15. The predicted molar refractivity (Wildman–Crippen MR) is 137 cm³/mol. The fraction of sp³-hybridized carbons (Fsp3) is 0.458. The van der Waals surface area contributed by atoms with Crippen LogP contribution in [0.2, 0.25) is 0 Å². The summed E-state index contributed by atoms with van der Waals surface area (Å²) in [5, 5.41) is 17.1. The van der Waals surface area contributed by atoms with Crippen molar-refractivity contribution in [1.29, 1.82) is 0 Å². The zero-order valence-electron chi connectivity index (χ0n) is 20.3. The fourth-order valence-corrected chi connectivity index (χ4v) is 3.73. The van der Waals surface area contributed by atoms with Crippen LogP contribution in [-0.2, 0) is 32.0 Å². The van der Waals surface area contributed by atoms with Gasteiger partial charge >= 0.3 is 5.97 Å². The minimum atomic E-state index is -1.17. The Kier molecular flexibility index (Phi) is 11.4. The molecule has 11 nitrogen and oxygen atoms in total. The first kappa shape index (κ1) is 28.9. The number of nitrogens with two attached hydrogens (primary N) is 1. The van der Waals surface area contributed by atoms with E-state index in [0.717, 1.165) is 5.56 Å². The van der Waals surface area contributed by atoms with Crippen molar-refractivity contribution in [3.05, 3.63) is 54.1 Å². The molecular weight excluding hydrogens is 484 g/mol. The topological polar surface area (TPSA) is 179 Å². The van der Waals surface area contributed by atoms with Gasteiger partial charge in [-0.3, -0.25) is 14.4 Å². The molecule has 2 rings (SSSR count). The van der Waals surface area contributed by atoms with E-state index in [9.17, 15) is 24.3 Å². The molecule has 0 saturated carbocycles. The largest absolute Gasteiger partial charge is 0.480 e. The van der Waals surface area contributed by atoms with Gasteiger partial charge in [-0.25, -0.2) is 9.78 Å². The minimum Gasteiger partial charge on any atom is -0.480 e. The van der Waals surface area contributed by atoms with Gasteiger partial charge in [0.05, 0.1) is 12.4 Å². The SMILES string of the molecule is CCC(C)C(NC(=O)C(CS)NC(=O)C(Cc1cnc[nH]1)NC(=O)C(N)Cc1ccccc1)C(=O)O. The Morgan fingerprint density at radius 3 is 2.22 bits per heavy atom. The van der Waals surface area contributed by atoms with Gasteiger partial charge in [0.15, 0.2) is 0 Å². The van der Waals surface area contributed by atoms with E-state index in [2.05, 4.69) is 38.5 Å². The Bertz CT molecular complexity index is 1000. The molecule has 12 heteroatoms. The molecule has 1 heterocycles. The summed E-state index contributed by atoms with van der Waals surface area (Å²) in [6.45, 7) is 3.53. The molecule has 0 radical (unpaired) electrons. The number of amides is 3. The van der Waals surface area contributed by atoms with Crippen molar-refractivity contribution in [3.63, 3.8) is 0 Å². The van der Waals surface area contributed by atoms with Crippen LogP contribution in [0.3, 0.4) is 0 Å². The summed E-state index contributed by atoms with van der Waals surface area (Å²) in [7, 11) is 0. The molecular formula is C24H34N6O5S. The molecule has 0 fully saturated rings. The summed E-state index contributed by atoms with van der Waals surface area (Å²) in [6.07, 6.45) is 3.84. The van der Waals surface area contributed by atoms with Gasteiger partial charge in [-0.2, -0.15) is 12.6 Å². The highest BCUT2D eigenvalue weighted by Gasteiger charge is 2.31. The monoisotopic (exact) mass is 518 g/mol. The molecule has 0 aliphatic rings. The molecule has 0 aliphatic carbocycles. The molecule has 7 N–H and O–H groups in total. The average Bonchev–Trinajstić information content (AvgIpc) is 3.38. The number of carbonyl (C=O) groups is 4. The van der Waals surface area contributed by atoms with Crippen LogP contribution in [0, 0.1) is 5.92 Å². The number of hydrogen-bond donors (Lipinski definition) is 7. The molecule has 36 heavy (non-hydrogen) atoms. The second-order valence-electron chi connectivity index (χ2n) is 8.59. The second kappa shape index (κ2) is 14.2. The Balaban J connectivity index is 2.11. The molecule has 0 spiro atoms. The third kappa shape index (κ3) is 8.68. The zero-order valence-corrected chi connectivity index (χ0v) is 21.2. The second-order valence-corrected chi connectivity index (χ2v) is 8.96. The number of imidazole rings is 1. The number of H-pyrrole nitrogens is 1. The maximum Gasteiger partial charge on any atom is 0.326 e. The van der Waals surface area contributed by atoms with Crippen LogP contribution < -0.4 is 21.7 Å². The summed E-state index contributed by atoms with van der Waals surface area (Å²) in [5.74, 6) is -3.43. The average molecular weight is 519 g/mol. The molecule has 0 saturated heterocycles. The van der Waals surface area contributed by atoms with E-state index < -0.39 is 47.9 Å². The van der Waals surface area contributed by atoms with Crippen LogP contribution in [0.5, 0.6) is 0 Å². The van der Waals surface area contributed by atoms with E-state index in [1.54, 1.807) is 6.92 Å². The van der Waals surface area contributed by atoms with Gasteiger partial charge < -0.3 is 31.8 Å². The quantitative estimate of drug-likeness (QED) is 0.172. The van der Waals surface area contributed by atoms with Crippen molar-refractivity contribution in [3.8, 4) is 0 Å². The third-order valence-corrected chi connectivity index (χ3v) is 6.20. The Morgan fingerprint density at radius 1 is 1.03 bits per heavy atom. The van der Waals surface area contributed by atoms with Gasteiger partial charge in [0, 0.05) is 24.1 Å². The summed E-state index contributed by atoms with van der Waals surface area (Å²) < 4.78 is 0. The van der Waals surface area contributed by atoms with Crippen LogP contribution in [0.1, 0.15) is 31.5 Å². The van der Waals surface area contributed by atoms with Gasteiger partial charge in [0.2, 0.25) is 17.7 Å². The smallest absolute Gasteiger partial charge is 0.326 e. The molecule has 3 amide bonds. The molecule has 1 aromatic heterocycles. The van der Waals surface area contributed by atoms with Crippen LogP contribution in [0.15, 0.2) is 42.9 Å². The lowest BCUT2D eigenvalue weighted by Crippen LogP contribution is -2.58. The first-order valence-electron chi connectivity index (χ1n) is 11.7. The van der Waals surface area contributed by atoms with Crippen LogP contribution in [0.25, 0.3) is 0 Å². The number of aromatic nitrogens is 2. The number of nitrogens with one attached hydrogen (secondary N) is 4. The molecule has 5 atom stereocenters. The normalized spacial score (nSPS) is 15.1. The van der Waals surface area contributed by atoms with Crippen molar-refractivity contribution >= 4 is 36.3 Å². The number of benzene rings is 1. The van der Waals surface area contributed by atoms with E-state index >= 15 is 0 Å². The van der Waals surface area contributed by atoms with Gasteiger partial charge in [0.1, 0.15) is 18.1 Å². The van der Waals surface area contributed by atoms with Gasteiger partial charge in [-0.1, -0.05) is 50.6 Å². The lowest BCUT2D eigenvalue weighted by atomic mass is 9.99. The fourth-order valence-electron chi connectivity index (χ4n) is 3.47. The third-order valence-electron chi connectivity index (χ3n) is 5.84. The number of rotatable bonds is 14. The predicted octanol–water partition coefficient (Wildman–Crippen LogP) is 0.0371. The zero-order chi connectivity index (χ0) is 26.7. The summed E-state index contributed by atoms with van der Waals surface area (Å²) in [6, 6.07) is 5.03. The first-order chi connectivity index (χ1) is 17.2. The highest BCUT2D eigenvalue weighted by molar-refractivity contribution is 7.80. The number of hydrogen-bond acceptors (Lipinski definition) is 7. The Hall–Kier alpha value is -3.38. The number of carboxylic acids is 1. The molecule has 0 bridgehead atoms. The maximum absolute atomic E-state index is 13.1. The van der Waals surface area contributed by atoms with Crippen molar-refractivity contribution in [1.82, 2.24) is 25.9 Å². The lowest BCUT2D eigenvalue weighted by molar-refractivity contribution is -0.143. The molecule has 0 aliphatic heterocycles. The molecule has 2 aromatic rings. The van der Waals surface area contributed by atoms with Crippen LogP contribution in [-0.4, -0.2) is 68.7 Å². The van der Waals surface area contributed by atoms with Crippen LogP contribution >= 0.6 is 12.6 Å². The van der Waals surface area contributed by atoms with Crippen molar-refractivity contribution in [2.45, 2.75) is 57.3 Å². The number of thiol groups is 1. The van der Waals surface area contributed by atoms with E-state index in [4.69, 9.17) is 5.73 Å². The Morgan fingerprint density at radius 2 is 1.67 bits per heavy atom. The van der Waals surface area contributed by atoms with Crippen LogP contribution in [0.4, 0.5) is 0 Å². The van der Waals surface area contributed by atoms with Crippen molar-refractivity contribution < 1.29 is 24.3 Å². The number of aliphatic carboxylic acids is 1. The van der Waals surface area contributed by atoms with E-state index in [1.807, 2.05) is 37.3 Å². The number of carboxylic acid groups (broad SMARTS) is 1. The van der Waals surface area contributed by atoms with Gasteiger partial charge in [-0.15, -0.1) is 0 Å². The van der Waals surface area contributed by atoms with Gasteiger partial charge in [-0.05, 0) is 17.9 Å². The van der Waals surface area contributed by atoms with E-state index in [1.165, 1.54) is 12.5 Å². The molecule has 196 valence electrons. The lowest BCUT2D eigenvalue weighted by Gasteiger charge is -2.25. The highest BCUT2D eigenvalue weighted by atomic mass is 32.1. The maximum atomic E-state index is 13.1. The van der Waals surface area contributed by atoms with Gasteiger partial charge in [0.25, 0.3) is 0 Å². The standard InChI is InChI=1S/C24H34N6O5S/c1-3-14(2)20(24(34)35)30-23(33)19(12-36)29-22(32)18(10-16-11-26-13-27-16)28-21(31)17(25)9-15-7-5-4-6-8-15/h4-8,11,13-14,17-20,36H,3,9-10,12,25H2,1-2H3,(H,26,27)(H,28,31)(H,29,32)(H,30,33)(H,34,35). The molecule has 1 aromatic carbocycles.